The maximum Gasteiger partial charge on any atom is 0.414 e. The van der Waals surface area contributed by atoms with Crippen molar-refractivity contribution >= 4 is 35.0 Å². The Kier molecular flexibility index (Phi) is 8.77. The number of benzene rings is 1. The van der Waals surface area contributed by atoms with Crippen molar-refractivity contribution in [2.24, 2.45) is 0 Å². The first-order valence-electron chi connectivity index (χ1n) is 15.1. The zero-order chi connectivity index (χ0) is 32.5. The Labute approximate surface area is 262 Å². The van der Waals surface area contributed by atoms with Gasteiger partial charge in [-0.25, -0.2) is 9.59 Å². The molecule has 1 aromatic carbocycles. The van der Waals surface area contributed by atoms with E-state index in [1.165, 1.54) is 17.3 Å². The molecule has 5 rings (SSSR count). The standard InChI is InChI=1S/C33H39N5O7/c1-32(2,3)44-28(39)15-27(30(41)45-33(4,5)6)36-29(40)20-8-7-11-37(16-20)19-43-31(42)38-17-21-12-22(18-38)24-14-26-25(13-23(21)24)34-9-10-35-26/h7-11,13-14,16,21-22,27H,12,15,17-19H2,1-6H3/p+1/t21?,22?,27-/m1/s1. The van der Waals surface area contributed by atoms with Crippen molar-refractivity contribution in [1.29, 1.82) is 0 Å². The molecule has 2 aliphatic rings. The first-order valence-corrected chi connectivity index (χ1v) is 15.1. The summed E-state index contributed by atoms with van der Waals surface area (Å²) in [5.74, 6) is -1.59. The van der Waals surface area contributed by atoms with Crippen LogP contribution in [0.5, 0.6) is 0 Å². The number of piperidine rings is 1. The topological polar surface area (TPSA) is 141 Å². The van der Waals surface area contributed by atoms with Gasteiger partial charge >= 0.3 is 18.0 Å². The SMILES string of the molecule is CC(C)(C)OC(=O)C[C@@H](NC(=O)c1ccc[n+](COC(=O)N2CC3CC(C2)c2cc4nccnc4cc23)c1)C(=O)OC(C)(C)C. The Bertz CT molecular complexity index is 1580. The van der Waals surface area contributed by atoms with Gasteiger partial charge < -0.3 is 24.4 Å². The van der Waals surface area contributed by atoms with Crippen LogP contribution < -0.4 is 9.88 Å². The Balaban J connectivity index is 1.21. The van der Waals surface area contributed by atoms with Crippen LogP contribution in [0.1, 0.15) is 87.7 Å². The normalized spacial score (nSPS) is 18.1. The molecule has 1 N–H and O–H groups in total. The highest BCUT2D eigenvalue weighted by Crippen LogP contribution is 2.47. The number of carbonyl (C=O) groups excluding carboxylic acids is 4. The van der Waals surface area contributed by atoms with E-state index >= 15 is 0 Å². The molecule has 1 aliphatic heterocycles. The predicted molar refractivity (Wildman–Crippen MR) is 162 cm³/mol. The van der Waals surface area contributed by atoms with Gasteiger partial charge in [-0.1, -0.05) is 0 Å². The predicted octanol–water partition coefficient (Wildman–Crippen LogP) is 3.77. The van der Waals surface area contributed by atoms with E-state index < -0.39 is 47.6 Å². The zero-order valence-electron chi connectivity index (χ0n) is 26.5. The van der Waals surface area contributed by atoms with E-state index in [9.17, 15) is 19.2 Å². The number of carbonyl (C=O) groups is 4. The van der Waals surface area contributed by atoms with E-state index in [0.717, 1.165) is 17.5 Å². The molecule has 2 aromatic heterocycles. The second kappa shape index (κ2) is 12.4. The second-order valence-electron chi connectivity index (χ2n) is 13.6. The molecule has 1 saturated heterocycles. The van der Waals surface area contributed by atoms with Crippen LogP contribution in [0.2, 0.25) is 0 Å². The van der Waals surface area contributed by atoms with Crippen molar-refractivity contribution in [3.05, 3.63) is 65.7 Å². The molecular weight excluding hydrogens is 578 g/mol. The quantitative estimate of drug-likeness (QED) is 0.238. The van der Waals surface area contributed by atoms with E-state index in [-0.39, 0.29) is 24.1 Å². The Morgan fingerprint density at radius 2 is 1.56 bits per heavy atom. The van der Waals surface area contributed by atoms with Crippen molar-refractivity contribution in [3.8, 4) is 0 Å². The maximum atomic E-state index is 13.2. The number of amides is 2. The molecule has 3 heterocycles. The van der Waals surface area contributed by atoms with Gasteiger partial charge in [0.1, 0.15) is 22.8 Å². The minimum atomic E-state index is -1.26. The van der Waals surface area contributed by atoms with Crippen LogP contribution in [0.4, 0.5) is 4.79 Å². The van der Waals surface area contributed by atoms with Gasteiger partial charge in [0.15, 0.2) is 12.4 Å². The van der Waals surface area contributed by atoms with Crippen LogP contribution in [0, 0.1) is 0 Å². The average Bonchev–Trinajstić information content (AvgIpc) is 3.20. The Morgan fingerprint density at radius 3 is 2.13 bits per heavy atom. The number of aromatic nitrogens is 3. The van der Waals surface area contributed by atoms with Gasteiger partial charge in [0, 0.05) is 43.4 Å². The van der Waals surface area contributed by atoms with Gasteiger partial charge in [-0.05, 0) is 77.3 Å². The third-order valence-electron chi connectivity index (χ3n) is 7.51. The molecule has 2 amide bonds. The number of likely N-dealkylation sites (tertiary alicyclic amines) is 1. The molecule has 45 heavy (non-hydrogen) atoms. The summed E-state index contributed by atoms with van der Waals surface area (Å²) in [6.07, 6.45) is 6.66. The summed E-state index contributed by atoms with van der Waals surface area (Å²) in [7, 11) is 0. The van der Waals surface area contributed by atoms with Crippen molar-refractivity contribution in [1.82, 2.24) is 20.2 Å². The van der Waals surface area contributed by atoms with Crippen LogP contribution in [0.15, 0.2) is 49.1 Å². The summed E-state index contributed by atoms with van der Waals surface area (Å²) in [6, 6.07) is 6.10. The molecule has 2 unspecified atom stereocenters. The fourth-order valence-electron chi connectivity index (χ4n) is 5.76. The van der Waals surface area contributed by atoms with Gasteiger partial charge in [-0.2, -0.15) is 4.57 Å². The lowest BCUT2D eigenvalue weighted by Crippen LogP contribution is -2.47. The number of nitrogens with one attached hydrogen (secondary N) is 1. The minimum Gasteiger partial charge on any atom is -0.460 e. The highest BCUT2D eigenvalue weighted by Gasteiger charge is 2.40. The number of hydrogen-bond acceptors (Lipinski definition) is 9. The van der Waals surface area contributed by atoms with Crippen molar-refractivity contribution < 1.29 is 38.0 Å². The van der Waals surface area contributed by atoms with Gasteiger partial charge in [-0.15, -0.1) is 0 Å². The fraction of sp³-hybridized carbons (Fsp3) is 0.485. The van der Waals surface area contributed by atoms with Crippen LogP contribution in [-0.4, -0.2) is 69.1 Å². The number of rotatable bonds is 7. The number of nitrogens with zero attached hydrogens (tertiary/aromatic N) is 4. The third kappa shape index (κ3) is 7.92. The molecule has 3 aromatic rings. The van der Waals surface area contributed by atoms with E-state index in [2.05, 4.69) is 27.4 Å². The number of esters is 2. The van der Waals surface area contributed by atoms with E-state index in [0.29, 0.717) is 13.1 Å². The summed E-state index contributed by atoms with van der Waals surface area (Å²) in [4.78, 5) is 62.3. The van der Waals surface area contributed by atoms with Gasteiger partial charge in [0.2, 0.25) is 0 Å². The average molecular weight is 619 g/mol. The van der Waals surface area contributed by atoms with E-state index in [4.69, 9.17) is 14.2 Å². The molecular formula is C33H40N5O7+. The molecule has 0 spiro atoms. The van der Waals surface area contributed by atoms with Gasteiger partial charge in [0.25, 0.3) is 12.6 Å². The highest BCUT2D eigenvalue weighted by molar-refractivity contribution is 5.97. The first kappa shape index (κ1) is 31.8. The lowest BCUT2D eigenvalue weighted by molar-refractivity contribution is -0.727. The first-order chi connectivity index (χ1) is 21.1. The molecule has 238 valence electrons. The van der Waals surface area contributed by atoms with Gasteiger partial charge in [0.05, 0.1) is 17.5 Å². The minimum absolute atomic E-state index is 0.121. The molecule has 12 heteroatoms. The second-order valence-corrected chi connectivity index (χ2v) is 13.6. The molecule has 3 atom stereocenters. The number of fused-ring (bicyclic) bond motifs is 6. The van der Waals surface area contributed by atoms with Crippen molar-refractivity contribution in [2.45, 2.75) is 90.2 Å². The van der Waals surface area contributed by atoms with Crippen LogP contribution in [0.3, 0.4) is 0 Å². The molecule has 0 saturated carbocycles. The number of ether oxygens (including phenoxy) is 3. The summed E-state index contributed by atoms with van der Waals surface area (Å²) in [5, 5.41) is 2.60. The van der Waals surface area contributed by atoms with Crippen LogP contribution in [0.25, 0.3) is 11.0 Å². The summed E-state index contributed by atoms with van der Waals surface area (Å²) in [6.45, 7) is 11.2. The number of pyridine rings is 1. The van der Waals surface area contributed by atoms with Crippen LogP contribution >= 0.6 is 0 Å². The largest absolute Gasteiger partial charge is 0.460 e. The number of hydrogen-bond donors (Lipinski definition) is 1. The van der Waals surface area contributed by atoms with Crippen LogP contribution in [-0.2, 0) is 30.5 Å². The van der Waals surface area contributed by atoms with E-state index in [1.807, 2.05) is 0 Å². The Morgan fingerprint density at radius 1 is 0.956 bits per heavy atom. The van der Waals surface area contributed by atoms with Gasteiger partial charge in [-0.3, -0.25) is 19.6 Å². The monoisotopic (exact) mass is 618 g/mol. The summed E-state index contributed by atoms with van der Waals surface area (Å²) >= 11 is 0. The lowest BCUT2D eigenvalue weighted by Gasteiger charge is -2.30. The molecule has 2 bridgehead atoms. The van der Waals surface area contributed by atoms with Crippen molar-refractivity contribution in [2.75, 3.05) is 13.1 Å². The summed E-state index contributed by atoms with van der Waals surface area (Å²) < 4.78 is 18.0. The van der Waals surface area contributed by atoms with E-state index in [1.54, 1.807) is 81.7 Å². The smallest absolute Gasteiger partial charge is 0.414 e. The lowest BCUT2D eigenvalue weighted by atomic mass is 9.96. The molecule has 1 fully saturated rings. The molecule has 0 radical (unpaired) electrons. The molecule has 12 nitrogen and oxygen atoms in total. The zero-order valence-corrected chi connectivity index (χ0v) is 26.5. The maximum absolute atomic E-state index is 13.2. The highest BCUT2D eigenvalue weighted by atomic mass is 16.6. The summed E-state index contributed by atoms with van der Waals surface area (Å²) in [5.41, 5.74) is 2.74. The molecule has 1 aliphatic carbocycles. The fourth-order valence-corrected chi connectivity index (χ4v) is 5.76. The van der Waals surface area contributed by atoms with Crippen molar-refractivity contribution in [3.63, 3.8) is 0 Å². The third-order valence-corrected chi connectivity index (χ3v) is 7.51. The Hall–Kier alpha value is -4.61.